The number of fused-ring (bicyclic) bond motifs is 1. The van der Waals surface area contributed by atoms with Crippen LogP contribution < -0.4 is 5.32 Å². The van der Waals surface area contributed by atoms with Gasteiger partial charge in [0.15, 0.2) is 5.60 Å². The molecule has 2 aliphatic heterocycles. The standard InChI is InChI=1S/C9H10F3NO4/c10-9(11,12)5(14)13-3-7-1-8(2-7,6(15)16)17-4-7/h1-4H2,(H,13,14)(H,15,16). The summed E-state index contributed by atoms with van der Waals surface area (Å²) in [5.41, 5.74) is -1.90. The van der Waals surface area contributed by atoms with Crippen LogP contribution in [-0.2, 0) is 14.3 Å². The lowest BCUT2D eigenvalue weighted by Gasteiger charge is -2.41. The SMILES string of the molecule is O=C(NCC12COC(C(=O)O)(C1)C2)C(F)(F)F. The number of carboxylic acid groups (broad SMARTS) is 1. The summed E-state index contributed by atoms with van der Waals surface area (Å²) in [6.07, 6.45) is -4.62. The zero-order valence-corrected chi connectivity index (χ0v) is 8.63. The molecular formula is C9H10F3NO4. The minimum atomic E-state index is -4.91. The van der Waals surface area contributed by atoms with Crippen LogP contribution >= 0.6 is 0 Å². The van der Waals surface area contributed by atoms with Gasteiger partial charge in [-0.3, -0.25) is 4.79 Å². The molecule has 1 amide bonds. The zero-order chi connectivity index (χ0) is 12.9. The lowest BCUT2D eigenvalue weighted by atomic mass is 9.62. The third-order valence-electron chi connectivity index (χ3n) is 3.25. The van der Waals surface area contributed by atoms with Gasteiger partial charge in [-0.25, -0.2) is 4.79 Å². The van der Waals surface area contributed by atoms with E-state index in [0.717, 1.165) is 0 Å². The van der Waals surface area contributed by atoms with Crippen molar-refractivity contribution in [3.8, 4) is 0 Å². The van der Waals surface area contributed by atoms with Crippen molar-refractivity contribution in [2.24, 2.45) is 5.41 Å². The average Bonchev–Trinajstić information content (AvgIpc) is 2.67. The Kier molecular flexibility index (Phi) is 2.39. The number of carbonyl (C=O) groups is 2. The first-order valence-electron chi connectivity index (χ1n) is 4.92. The summed E-state index contributed by atoms with van der Waals surface area (Å²) in [5.74, 6) is -3.11. The predicted octanol–water partition coefficient (Wildman–Crippen LogP) is 0.299. The first-order valence-corrected chi connectivity index (χ1v) is 4.92. The van der Waals surface area contributed by atoms with Crippen molar-refractivity contribution in [1.29, 1.82) is 0 Å². The van der Waals surface area contributed by atoms with Gasteiger partial charge in [-0.05, 0) is 12.8 Å². The number of carboxylic acids is 1. The highest BCUT2D eigenvalue weighted by molar-refractivity contribution is 5.82. The second-order valence-electron chi connectivity index (χ2n) is 4.62. The molecule has 96 valence electrons. The molecular weight excluding hydrogens is 243 g/mol. The monoisotopic (exact) mass is 253 g/mol. The highest BCUT2D eigenvalue weighted by Gasteiger charge is 2.66. The number of ether oxygens (including phenoxy) is 1. The summed E-state index contributed by atoms with van der Waals surface area (Å²) in [6, 6.07) is 0. The van der Waals surface area contributed by atoms with Crippen LogP contribution in [0.4, 0.5) is 13.2 Å². The van der Waals surface area contributed by atoms with Gasteiger partial charge in [0.05, 0.1) is 6.61 Å². The second kappa shape index (κ2) is 3.34. The number of amides is 1. The molecule has 1 saturated carbocycles. The molecule has 3 fully saturated rings. The van der Waals surface area contributed by atoms with Crippen LogP contribution in [0.1, 0.15) is 12.8 Å². The average molecular weight is 253 g/mol. The lowest BCUT2D eigenvalue weighted by molar-refractivity contribution is -0.174. The minimum Gasteiger partial charge on any atom is -0.479 e. The normalized spacial score (nSPS) is 35.2. The Morgan fingerprint density at radius 2 is 1.94 bits per heavy atom. The molecule has 5 nitrogen and oxygen atoms in total. The zero-order valence-electron chi connectivity index (χ0n) is 8.63. The van der Waals surface area contributed by atoms with Crippen molar-refractivity contribution >= 4 is 11.9 Å². The Hall–Kier alpha value is -1.31. The van der Waals surface area contributed by atoms with E-state index in [1.165, 1.54) is 0 Å². The Balaban J connectivity index is 1.88. The van der Waals surface area contributed by atoms with Gasteiger partial charge in [-0.15, -0.1) is 0 Å². The number of halogens is 3. The molecule has 3 rings (SSSR count). The third kappa shape index (κ3) is 1.86. The van der Waals surface area contributed by atoms with Crippen LogP contribution in [0.25, 0.3) is 0 Å². The van der Waals surface area contributed by atoms with E-state index in [-0.39, 0.29) is 26.0 Å². The van der Waals surface area contributed by atoms with E-state index in [1.54, 1.807) is 5.32 Å². The number of nitrogens with one attached hydrogen (secondary N) is 1. The summed E-state index contributed by atoms with van der Waals surface area (Å²) in [7, 11) is 0. The number of hydrogen-bond acceptors (Lipinski definition) is 3. The van der Waals surface area contributed by atoms with Crippen LogP contribution in [0.3, 0.4) is 0 Å². The van der Waals surface area contributed by atoms with Crippen LogP contribution in [0, 0.1) is 5.41 Å². The van der Waals surface area contributed by atoms with Gasteiger partial charge >= 0.3 is 18.1 Å². The van der Waals surface area contributed by atoms with Crippen molar-refractivity contribution in [3.63, 3.8) is 0 Å². The highest BCUT2D eigenvalue weighted by Crippen LogP contribution is 2.57. The van der Waals surface area contributed by atoms with Gasteiger partial charge < -0.3 is 15.2 Å². The Bertz CT molecular complexity index is 373. The number of alkyl halides is 3. The summed E-state index contributed by atoms with van der Waals surface area (Å²) in [4.78, 5) is 21.4. The number of hydrogen-bond donors (Lipinski definition) is 2. The van der Waals surface area contributed by atoms with E-state index in [1.807, 2.05) is 0 Å². The summed E-state index contributed by atoms with van der Waals surface area (Å²) in [6.45, 7) is -0.141. The number of rotatable bonds is 3. The molecule has 2 heterocycles. The van der Waals surface area contributed by atoms with Crippen LogP contribution in [0.15, 0.2) is 0 Å². The van der Waals surface area contributed by atoms with Crippen molar-refractivity contribution in [2.45, 2.75) is 24.6 Å². The van der Waals surface area contributed by atoms with E-state index in [2.05, 4.69) is 0 Å². The molecule has 0 atom stereocenters. The first-order chi connectivity index (χ1) is 7.69. The molecule has 0 unspecified atom stereocenters. The fourth-order valence-corrected chi connectivity index (χ4v) is 2.41. The van der Waals surface area contributed by atoms with Gasteiger partial charge in [-0.1, -0.05) is 0 Å². The van der Waals surface area contributed by atoms with Gasteiger partial charge in [0.25, 0.3) is 0 Å². The predicted molar refractivity (Wildman–Crippen MR) is 47.1 cm³/mol. The fourth-order valence-electron chi connectivity index (χ4n) is 2.41. The number of aliphatic carboxylic acids is 1. The van der Waals surface area contributed by atoms with E-state index in [0.29, 0.717) is 0 Å². The topological polar surface area (TPSA) is 75.6 Å². The van der Waals surface area contributed by atoms with Gasteiger partial charge in [-0.2, -0.15) is 13.2 Å². The molecule has 1 aliphatic carbocycles. The fraction of sp³-hybridized carbons (Fsp3) is 0.778. The maximum absolute atomic E-state index is 11.9. The van der Waals surface area contributed by atoms with E-state index < -0.39 is 29.1 Å². The molecule has 2 N–H and O–H groups in total. The molecule has 0 aromatic heterocycles. The molecule has 2 saturated heterocycles. The van der Waals surface area contributed by atoms with Gasteiger partial charge in [0.2, 0.25) is 0 Å². The molecule has 3 aliphatic rings. The van der Waals surface area contributed by atoms with E-state index in [9.17, 15) is 22.8 Å². The van der Waals surface area contributed by atoms with E-state index >= 15 is 0 Å². The summed E-state index contributed by atoms with van der Waals surface area (Å²) < 4.78 is 40.8. The van der Waals surface area contributed by atoms with Crippen molar-refractivity contribution < 1.29 is 32.6 Å². The molecule has 0 radical (unpaired) electrons. The van der Waals surface area contributed by atoms with Gasteiger partial charge in [0, 0.05) is 12.0 Å². The first kappa shape index (κ1) is 12.2. The van der Waals surface area contributed by atoms with Crippen molar-refractivity contribution in [1.82, 2.24) is 5.32 Å². The van der Waals surface area contributed by atoms with Crippen LogP contribution in [0.5, 0.6) is 0 Å². The smallest absolute Gasteiger partial charge is 0.471 e. The summed E-state index contributed by atoms with van der Waals surface area (Å²) in [5, 5.41) is 10.6. The van der Waals surface area contributed by atoms with Gasteiger partial charge in [0.1, 0.15) is 0 Å². The highest BCUT2D eigenvalue weighted by atomic mass is 19.4. The Morgan fingerprint density at radius 1 is 1.35 bits per heavy atom. The van der Waals surface area contributed by atoms with Crippen molar-refractivity contribution in [3.05, 3.63) is 0 Å². The summed E-state index contributed by atoms with van der Waals surface area (Å²) >= 11 is 0. The Morgan fingerprint density at radius 3 is 2.35 bits per heavy atom. The minimum absolute atomic E-state index is 0.0669. The lowest BCUT2D eigenvalue weighted by Crippen LogP contribution is -2.55. The largest absolute Gasteiger partial charge is 0.479 e. The van der Waals surface area contributed by atoms with Crippen LogP contribution in [-0.4, -0.2) is 41.9 Å². The Labute approximate surface area is 93.9 Å². The quantitative estimate of drug-likeness (QED) is 0.758. The van der Waals surface area contributed by atoms with Crippen LogP contribution in [0.2, 0.25) is 0 Å². The second-order valence-corrected chi connectivity index (χ2v) is 4.62. The van der Waals surface area contributed by atoms with Crippen molar-refractivity contribution in [2.75, 3.05) is 13.2 Å². The third-order valence-corrected chi connectivity index (χ3v) is 3.25. The molecule has 0 aromatic rings. The molecule has 8 heteroatoms. The molecule has 17 heavy (non-hydrogen) atoms. The van der Waals surface area contributed by atoms with E-state index in [4.69, 9.17) is 9.84 Å². The number of carbonyl (C=O) groups excluding carboxylic acids is 1. The molecule has 0 spiro atoms. The molecule has 2 bridgehead atoms. The molecule has 0 aromatic carbocycles. The maximum atomic E-state index is 11.9. The maximum Gasteiger partial charge on any atom is 0.471 e.